The van der Waals surface area contributed by atoms with Crippen LogP contribution >= 0.6 is 0 Å². The lowest BCUT2D eigenvalue weighted by Crippen LogP contribution is -2.41. The molecular weight excluding hydrogens is 389 g/mol. The van der Waals surface area contributed by atoms with Crippen molar-refractivity contribution in [1.82, 2.24) is 10.6 Å². The maximum Gasteiger partial charge on any atom is 0.203 e. The van der Waals surface area contributed by atoms with Gasteiger partial charge in [-0.3, -0.25) is 0 Å². The third kappa shape index (κ3) is 6.17. The second-order valence-electron chi connectivity index (χ2n) is 6.43. The van der Waals surface area contributed by atoms with Crippen molar-refractivity contribution < 1.29 is 23.3 Å². The molecule has 0 bridgehead atoms. The monoisotopic (exact) mass is 419 g/mol. The molecule has 2 N–H and O–H groups in total. The van der Waals surface area contributed by atoms with Gasteiger partial charge in [-0.05, 0) is 38.1 Å². The minimum atomic E-state index is -0.384. The molecule has 2 rings (SSSR count). The number of ether oxygens (including phenoxy) is 4. The van der Waals surface area contributed by atoms with Crippen LogP contribution in [0.3, 0.4) is 0 Å². The molecule has 0 fully saturated rings. The van der Waals surface area contributed by atoms with Crippen LogP contribution in [0, 0.1) is 5.82 Å². The van der Waals surface area contributed by atoms with Crippen LogP contribution in [-0.2, 0) is 6.54 Å². The van der Waals surface area contributed by atoms with Crippen molar-refractivity contribution in [1.29, 1.82) is 0 Å². The molecule has 0 radical (unpaired) electrons. The van der Waals surface area contributed by atoms with Crippen molar-refractivity contribution in [3.63, 3.8) is 0 Å². The summed E-state index contributed by atoms with van der Waals surface area (Å²) in [4.78, 5) is 4.61. The van der Waals surface area contributed by atoms with Gasteiger partial charge in [0.2, 0.25) is 5.75 Å². The third-order valence-corrected chi connectivity index (χ3v) is 4.26. The Hall–Kier alpha value is -3.16. The van der Waals surface area contributed by atoms with Crippen LogP contribution in [0.4, 0.5) is 4.39 Å². The molecule has 7 nitrogen and oxygen atoms in total. The van der Waals surface area contributed by atoms with E-state index in [0.29, 0.717) is 42.8 Å². The Kier molecular flexibility index (Phi) is 9.05. The molecule has 0 aliphatic carbocycles. The highest BCUT2D eigenvalue weighted by molar-refractivity contribution is 5.79. The summed E-state index contributed by atoms with van der Waals surface area (Å²) >= 11 is 0. The molecule has 0 heterocycles. The molecule has 0 amide bonds. The summed E-state index contributed by atoms with van der Waals surface area (Å²) in [6.07, 6.45) is -0.263. The summed E-state index contributed by atoms with van der Waals surface area (Å²) in [7, 11) is 4.72. The van der Waals surface area contributed by atoms with Crippen LogP contribution < -0.4 is 29.6 Å². The van der Waals surface area contributed by atoms with E-state index in [1.54, 1.807) is 39.5 Å². The van der Waals surface area contributed by atoms with Crippen LogP contribution in [0.1, 0.15) is 19.4 Å². The molecule has 164 valence electrons. The quantitative estimate of drug-likeness (QED) is 0.454. The van der Waals surface area contributed by atoms with Crippen molar-refractivity contribution in [2.24, 2.45) is 4.99 Å². The number of methoxy groups -OCH3 is 3. The summed E-state index contributed by atoms with van der Waals surface area (Å²) < 4.78 is 35.7. The number of halogens is 1. The maximum absolute atomic E-state index is 13.8. The zero-order valence-corrected chi connectivity index (χ0v) is 18.1. The van der Waals surface area contributed by atoms with E-state index in [4.69, 9.17) is 18.9 Å². The zero-order valence-electron chi connectivity index (χ0n) is 18.1. The Morgan fingerprint density at radius 1 is 0.967 bits per heavy atom. The normalized spacial score (nSPS) is 12.1. The lowest BCUT2D eigenvalue weighted by atomic mass is 10.1. The van der Waals surface area contributed by atoms with E-state index >= 15 is 0 Å². The fraction of sp³-hybridized carbons (Fsp3) is 0.409. The van der Waals surface area contributed by atoms with Crippen molar-refractivity contribution in [2.45, 2.75) is 26.5 Å². The van der Waals surface area contributed by atoms with Crippen LogP contribution in [0.2, 0.25) is 0 Å². The van der Waals surface area contributed by atoms with Gasteiger partial charge in [-0.15, -0.1) is 0 Å². The fourth-order valence-electron chi connectivity index (χ4n) is 2.83. The first-order valence-corrected chi connectivity index (χ1v) is 9.75. The number of hydrogen-bond acceptors (Lipinski definition) is 5. The minimum Gasteiger partial charge on any atom is -0.493 e. The SMILES string of the molecule is CCNC(=NCc1ccc(OC)c(OC)c1OC)NCC(C)Oc1ccccc1F. The van der Waals surface area contributed by atoms with E-state index in [2.05, 4.69) is 15.6 Å². The van der Waals surface area contributed by atoms with E-state index in [0.717, 1.165) is 5.56 Å². The fourth-order valence-corrected chi connectivity index (χ4v) is 2.83. The van der Waals surface area contributed by atoms with Gasteiger partial charge in [0, 0.05) is 12.1 Å². The Morgan fingerprint density at radius 2 is 1.70 bits per heavy atom. The minimum absolute atomic E-state index is 0.226. The Labute approximate surface area is 177 Å². The first kappa shape index (κ1) is 23.1. The second-order valence-corrected chi connectivity index (χ2v) is 6.43. The van der Waals surface area contributed by atoms with Gasteiger partial charge in [-0.25, -0.2) is 9.38 Å². The number of benzene rings is 2. The Bertz CT molecular complexity index is 845. The largest absolute Gasteiger partial charge is 0.493 e. The summed E-state index contributed by atoms with van der Waals surface area (Å²) in [5, 5.41) is 6.40. The van der Waals surface area contributed by atoms with Gasteiger partial charge in [0.25, 0.3) is 0 Å². The summed E-state index contributed by atoms with van der Waals surface area (Å²) in [5.41, 5.74) is 0.850. The predicted octanol–water partition coefficient (Wildman–Crippen LogP) is 3.37. The van der Waals surface area contributed by atoms with E-state index in [1.165, 1.54) is 6.07 Å². The van der Waals surface area contributed by atoms with Gasteiger partial charge in [-0.1, -0.05) is 12.1 Å². The van der Waals surface area contributed by atoms with Crippen LogP contribution in [0.25, 0.3) is 0 Å². The van der Waals surface area contributed by atoms with Crippen LogP contribution in [0.5, 0.6) is 23.0 Å². The first-order chi connectivity index (χ1) is 14.5. The molecule has 8 heteroatoms. The van der Waals surface area contributed by atoms with E-state index in [1.807, 2.05) is 26.0 Å². The molecule has 1 atom stereocenters. The number of nitrogens with one attached hydrogen (secondary N) is 2. The molecule has 30 heavy (non-hydrogen) atoms. The molecular formula is C22H30FN3O4. The first-order valence-electron chi connectivity index (χ1n) is 9.75. The zero-order chi connectivity index (χ0) is 21.9. The number of guanidine groups is 1. The molecule has 0 aromatic heterocycles. The standard InChI is InChI=1S/C22H30FN3O4/c1-6-24-22(25-13-15(2)30-18-10-8-7-9-17(18)23)26-14-16-11-12-19(27-3)21(29-5)20(16)28-4/h7-12,15H,6,13-14H2,1-5H3,(H2,24,25,26). The van der Waals surface area contributed by atoms with Gasteiger partial charge >= 0.3 is 0 Å². The smallest absolute Gasteiger partial charge is 0.203 e. The van der Waals surface area contributed by atoms with E-state index in [9.17, 15) is 4.39 Å². The van der Waals surface area contributed by atoms with Gasteiger partial charge in [0.05, 0.1) is 34.4 Å². The predicted molar refractivity (Wildman–Crippen MR) is 115 cm³/mol. The molecule has 1 unspecified atom stereocenters. The lowest BCUT2D eigenvalue weighted by Gasteiger charge is -2.18. The third-order valence-electron chi connectivity index (χ3n) is 4.26. The average Bonchev–Trinajstić information content (AvgIpc) is 2.76. The highest BCUT2D eigenvalue weighted by Gasteiger charge is 2.16. The number of hydrogen-bond donors (Lipinski definition) is 2. The van der Waals surface area contributed by atoms with Crippen molar-refractivity contribution >= 4 is 5.96 Å². The molecule has 2 aromatic carbocycles. The molecule has 0 aliphatic rings. The van der Waals surface area contributed by atoms with Crippen molar-refractivity contribution in [3.05, 3.63) is 47.8 Å². The molecule has 0 saturated heterocycles. The molecule has 2 aromatic rings. The Balaban J connectivity index is 2.06. The topological polar surface area (TPSA) is 73.3 Å². The van der Waals surface area contributed by atoms with E-state index in [-0.39, 0.29) is 17.7 Å². The number of rotatable bonds is 10. The van der Waals surface area contributed by atoms with Crippen molar-refractivity contribution in [2.75, 3.05) is 34.4 Å². The highest BCUT2D eigenvalue weighted by atomic mass is 19.1. The second kappa shape index (κ2) is 11.7. The molecule has 0 aliphatic heterocycles. The van der Waals surface area contributed by atoms with Crippen molar-refractivity contribution in [3.8, 4) is 23.0 Å². The molecule has 0 spiro atoms. The summed E-state index contributed by atoms with van der Waals surface area (Å²) in [6.45, 7) is 5.34. The van der Waals surface area contributed by atoms with Gasteiger partial charge in [-0.2, -0.15) is 0 Å². The number of para-hydroxylation sites is 1. The summed E-state index contributed by atoms with van der Waals surface area (Å²) in [6, 6.07) is 10.0. The van der Waals surface area contributed by atoms with Gasteiger partial charge in [0.15, 0.2) is 29.0 Å². The number of nitrogens with zero attached hydrogens (tertiary/aromatic N) is 1. The maximum atomic E-state index is 13.8. The highest BCUT2D eigenvalue weighted by Crippen LogP contribution is 2.39. The van der Waals surface area contributed by atoms with Crippen LogP contribution in [0.15, 0.2) is 41.4 Å². The van der Waals surface area contributed by atoms with Gasteiger partial charge < -0.3 is 29.6 Å². The lowest BCUT2D eigenvalue weighted by molar-refractivity contribution is 0.214. The summed E-state index contributed by atoms with van der Waals surface area (Å²) in [5.74, 6) is 2.14. The number of aliphatic imine (C=N–C) groups is 1. The van der Waals surface area contributed by atoms with E-state index < -0.39 is 0 Å². The average molecular weight is 419 g/mol. The van der Waals surface area contributed by atoms with Crippen LogP contribution in [-0.4, -0.2) is 46.5 Å². The molecule has 0 saturated carbocycles. The Morgan fingerprint density at radius 3 is 2.33 bits per heavy atom. The van der Waals surface area contributed by atoms with Gasteiger partial charge in [0.1, 0.15) is 6.10 Å².